The third kappa shape index (κ3) is 3.87. The number of nitrogen functional groups attached to an aromatic ring is 1. The first-order chi connectivity index (χ1) is 14.4. The molecule has 0 aliphatic carbocycles. The van der Waals surface area contributed by atoms with E-state index in [1.165, 1.54) is 19.2 Å². The molecule has 4 rings (SSSR count). The summed E-state index contributed by atoms with van der Waals surface area (Å²) in [5, 5.41) is 11.0. The summed E-state index contributed by atoms with van der Waals surface area (Å²) in [5.41, 5.74) is 9.26. The van der Waals surface area contributed by atoms with Gasteiger partial charge in [-0.2, -0.15) is 0 Å². The van der Waals surface area contributed by atoms with Gasteiger partial charge in [0.25, 0.3) is 11.2 Å². The summed E-state index contributed by atoms with van der Waals surface area (Å²) in [6.45, 7) is 1.67. The van der Waals surface area contributed by atoms with Gasteiger partial charge in [-0.05, 0) is 30.3 Å². The summed E-state index contributed by atoms with van der Waals surface area (Å²) in [6.07, 6.45) is 0.635. The van der Waals surface area contributed by atoms with Gasteiger partial charge in [0.15, 0.2) is 0 Å². The highest BCUT2D eigenvalue weighted by Gasteiger charge is 2.23. The number of nitro benzene ring substituents is 1. The van der Waals surface area contributed by atoms with E-state index in [-0.39, 0.29) is 11.2 Å². The fourth-order valence-electron chi connectivity index (χ4n) is 3.61. The van der Waals surface area contributed by atoms with Crippen LogP contribution in [0.5, 0.6) is 5.75 Å². The monoisotopic (exact) mass is 407 g/mol. The smallest absolute Gasteiger partial charge is 0.273 e. The molecule has 1 aliphatic heterocycles. The van der Waals surface area contributed by atoms with Gasteiger partial charge in [0.2, 0.25) is 0 Å². The number of H-pyrrole nitrogens is 1. The highest BCUT2D eigenvalue weighted by molar-refractivity contribution is 5.58. The van der Waals surface area contributed by atoms with Crippen molar-refractivity contribution in [2.45, 2.75) is 19.5 Å². The quantitative estimate of drug-likeness (QED) is 0.378. The molecule has 0 amide bonds. The van der Waals surface area contributed by atoms with Gasteiger partial charge in [0.05, 0.1) is 29.4 Å². The van der Waals surface area contributed by atoms with Crippen molar-refractivity contribution in [1.82, 2.24) is 14.9 Å². The topological polar surface area (TPSA) is 127 Å². The van der Waals surface area contributed by atoms with Crippen molar-refractivity contribution in [3.63, 3.8) is 0 Å². The standard InChI is InChI=1S/C21H21N5O4/c1-30-19-10-16(26(28)29)7-4-14(19)11-25-9-8-18-17(12-25)21(27)24-20(23-18)13-2-5-15(22)6-3-13/h2-7,10H,8-9,11-12,22H2,1H3,(H,23,24,27). The molecule has 0 saturated heterocycles. The maximum absolute atomic E-state index is 12.7. The van der Waals surface area contributed by atoms with E-state index in [1.54, 1.807) is 18.2 Å². The normalized spacial score (nSPS) is 13.6. The van der Waals surface area contributed by atoms with E-state index >= 15 is 0 Å². The molecule has 9 heteroatoms. The average molecular weight is 407 g/mol. The fourth-order valence-corrected chi connectivity index (χ4v) is 3.61. The number of nitro groups is 1. The largest absolute Gasteiger partial charge is 0.496 e. The van der Waals surface area contributed by atoms with Gasteiger partial charge in [-0.3, -0.25) is 19.8 Å². The SMILES string of the molecule is COc1cc([N+](=O)[O-])ccc1CN1CCc2nc(-c3ccc(N)cc3)[nH]c(=O)c2C1. The lowest BCUT2D eigenvalue weighted by molar-refractivity contribution is -0.384. The Hall–Kier alpha value is -3.72. The molecule has 2 heterocycles. The van der Waals surface area contributed by atoms with Crippen LogP contribution in [-0.2, 0) is 19.5 Å². The van der Waals surface area contributed by atoms with Crippen LogP contribution >= 0.6 is 0 Å². The number of non-ortho nitro benzene ring substituents is 1. The summed E-state index contributed by atoms with van der Waals surface area (Å²) >= 11 is 0. The number of nitrogens with zero attached hydrogens (tertiary/aromatic N) is 3. The van der Waals surface area contributed by atoms with Crippen LogP contribution in [0.2, 0.25) is 0 Å². The molecular formula is C21H21N5O4. The number of nitrogens with one attached hydrogen (secondary N) is 1. The second kappa shape index (κ2) is 7.96. The van der Waals surface area contributed by atoms with Crippen molar-refractivity contribution in [2.24, 2.45) is 0 Å². The van der Waals surface area contributed by atoms with Crippen LogP contribution in [0.25, 0.3) is 11.4 Å². The van der Waals surface area contributed by atoms with Crippen LogP contribution in [0.3, 0.4) is 0 Å². The van der Waals surface area contributed by atoms with Crippen LogP contribution in [0.1, 0.15) is 16.8 Å². The molecule has 0 saturated carbocycles. The fraction of sp³-hybridized carbons (Fsp3) is 0.238. The summed E-state index contributed by atoms with van der Waals surface area (Å²) in [6, 6.07) is 11.8. The van der Waals surface area contributed by atoms with E-state index in [9.17, 15) is 14.9 Å². The van der Waals surface area contributed by atoms with E-state index in [0.29, 0.717) is 48.9 Å². The first-order valence-electron chi connectivity index (χ1n) is 9.46. The summed E-state index contributed by atoms with van der Waals surface area (Å²) in [5.74, 6) is 0.991. The number of ether oxygens (including phenoxy) is 1. The number of aromatic nitrogens is 2. The molecule has 30 heavy (non-hydrogen) atoms. The molecule has 3 aromatic rings. The molecule has 0 atom stereocenters. The predicted molar refractivity (Wildman–Crippen MR) is 112 cm³/mol. The Morgan fingerprint density at radius 2 is 2.03 bits per heavy atom. The molecule has 1 aliphatic rings. The number of anilines is 1. The van der Waals surface area contributed by atoms with E-state index in [1.807, 2.05) is 12.1 Å². The Bertz CT molecular complexity index is 1160. The minimum atomic E-state index is -0.451. The molecule has 0 unspecified atom stereocenters. The van der Waals surface area contributed by atoms with Gasteiger partial charge in [0.1, 0.15) is 11.6 Å². The Morgan fingerprint density at radius 1 is 1.27 bits per heavy atom. The first-order valence-corrected chi connectivity index (χ1v) is 9.46. The molecule has 0 bridgehead atoms. The molecule has 0 spiro atoms. The van der Waals surface area contributed by atoms with E-state index in [2.05, 4.69) is 14.9 Å². The van der Waals surface area contributed by atoms with E-state index in [0.717, 1.165) is 16.8 Å². The van der Waals surface area contributed by atoms with Crippen molar-refractivity contribution in [2.75, 3.05) is 19.4 Å². The van der Waals surface area contributed by atoms with E-state index < -0.39 is 4.92 Å². The Morgan fingerprint density at radius 3 is 2.73 bits per heavy atom. The lowest BCUT2D eigenvalue weighted by Crippen LogP contribution is -2.35. The summed E-state index contributed by atoms with van der Waals surface area (Å²) < 4.78 is 5.32. The van der Waals surface area contributed by atoms with Crippen LogP contribution < -0.4 is 16.0 Å². The Kier molecular flexibility index (Phi) is 5.20. The van der Waals surface area contributed by atoms with Gasteiger partial charge in [-0.25, -0.2) is 4.98 Å². The highest BCUT2D eigenvalue weighted by atomic mass is 16.6. The number of fused-ring (bicyclic) bond motifs is 1. The van der Waals surface area contributed by atoms with Crippen molar-refractivity contribution in [3.05, 3.63) is 79.8 Å². The highest BCUT2D eigenvalue weighted by Crippen LogP contribution is 2.27. The average Bonchev–Trinajstić information content (AvgIpc) is 2.74. The van der Waals surface area contributed by atoms with Crippen LogP contribution in [-0.4, -0.2) is 33.4 Å². The van der Waals surface area contributed by atoms with Crippen molar-refractivity contribution < 1.29 is 9.66 Å². The molecule has 0 fully saturated rings. The van der Waals surface area contributed by atoms with Crippen LogP contribution in [0, 0.1) is 10.1 Å². The summed E-state index contributed by atoms with van der Waals surface area (Å²) in [7, 11) is 1.49. The van der Waals surface area contributed by atoms with Gasteiger partial charge >= 0.3 is 0 Å². The second-order valence-corrected chi connectivity index (χ2v) is 7.18. The molecule has 154 valence electrons. The van der Waals surface area contributed by atoms with Crippen molar-refractivity contribution >= 4 is 11.4 Å². The Labute approximate surface area is 172 Å². The van der Waals surface area contributed by atoms with Crippen molar-refractivity contribution in [1.29, 1.82) is 0 Å². The Balaban J connectivity index is 1.56. The number of aromatic amines is 1. The van der Waals surface area contributed by atoms with Gasteiger partial charge < -0.3 is 15.5 Å². The minimum absolute atomic E-state index is 0.0181. The zero-order valence-corrected chi connectivity index (χ0v) is 16.4. The maximum Gasteiger partial charge on any atom is 0.273 e. The third-order valence-corrected chi connectivity index (χ3v) is 5.21. The van der Waals surface area contributed by atoms with Crippen LogP contribution in [0.15, 0.2) is 47.3 Å². The minimum Gasteiger partial charge on any atom is -0.496 e. The molecule has 2 aromatic carbocycles. The summed E-state index contributed by atoms with van der Waals surface area (Å²) in [4.78, 5) is 32.9. The molecule has 9 nitrogen and oxygen atoms in total. The lowest BCUT2D eigenvalue weighted by atomic mass is 10.0. The maximum atomic E-state index is 12.7. The number of benzene rings is 2. The predicted octanol–water partition coefficient (Wildman–Crippen LogP) is 2.49. The molecule has 3 N–H and O–H groups in total. The van der Waals surface area contributed by atoms with Gasteiger partial charge in [0, 0.05) is 48.9 Å². The lowest BCUT2D eigenvalue weighted by Gasteiger charge is -2.28. The first kappa shape index (κ1) is 19.6. The van der Waals surface area contributed by atoms with Crippen molar-refractivity contribution in [3.8, 4) is 17.1 Å². The molecular weight excluding hydrogens is 386 g/mol. The third-order valence-electron chi connectivity index (χ3n) is 5.21. The van der Waals surface area contributed by atoms with Crippen LogP contribution in [0.4, 0.5) is 11.4 Å². The zero-order valence-electron chi connectivity index (χ0n) is 16.4. The molecule has 0 radical (unpaired) electrons. The molecule has 1 aromatic heterocycles. The number of hydrogen-bond acceptors (Lipinski definition) is 7. The second-order valence-electron chi connectivity index (χ2n) is 7.18. The van der Waals surface area contributed by atoms with E-state index in [4.69, 9.17) is 10.5 Å². The van der Waals surface area contributed by atoms with Gasteiger partial charge in [-0.1, -0.05) is 0 Å². The number of nitrogens with two attached hydrogens (primary N) is 1. The number of rotatable bonds is 5. The zero-order chi connectivity index (χ0) is 21.3. The number of methoxy groups -OCH3 is 1. The number of hydrogen-bond donors (Lipinski definition) is 2. The van der Waals surface area contributed by atoms with Gasteiger partial charge in [-0.15, -0.1) is 0 Å².